The monoisotopic (exact) mass is 348 g/mol. The second-order valence-corrected chi connectivity index (χ2v) is 6.69. The zero-order valence-corrected chi connectivity index (χ0v) is 15.1. The van der Waals surface area contributed by atoms with Gasteiger partial charge in [-0.2, -0.15) is 0 Å². The highest BCUT2D eigenvalue weighted by molar-refractivity contribution is 5.87. The summed E-state index contributed by atoms with van der Waals surface area (Å²) in [5.41, 5.74) is 6.83. The Morgan fingerprint density at radius 1 is 1.40 bits per heavy atom. The fraction of sp³-hybridized carbons (Fsp3) is 0.556. The summed E-state index contributed by atoms with van der Waals surface area (Å²) in [6, 6.07) is 7.34. The van der Waals surface area contributed by atoms with Crippen LogP contribution in [0.4, 0.5) is 5.69 Å². The highest BCUT2D eigenvalue weighted by Gasteiger charge is 2.25. The van der Waals surface area contributed by atoms with Gasteiger partial charge in [-0.1, -0.05) is 19.9 Å². The molecule has 2 rings (SSSR count). The highest BCUT2D eigenvalue weighted by atomic mass is 16.5. The molecule has 1 heterocycles. The number of amides is 2. The Morgan fingerprint density at radius 2 is 2.16 bits per heavy atom. The minimum Gasteiger partial charge on any atom is -0.497 e. The predicted molar refractivity (Wildman–Crippen MR) is 97.6 cm³/mol. The number of benzene rings is 1. The van der Waals surface area contributed by atoms with E-state index in [1.807, 2.05) is 38.1 Å². The number of anilines is 1. The Kier molecular flexibility index (Phi) is 6.64. The first-order valence-corrected chi connectivity index (χ1v) is 8.62. The molecule has 138 valence electrons. The molecule has 2 atom stereocenters. The first-order valence-electron chi connectivity index (χ1n) is 8.62. The van der Waals surface area contributed by atoms with Gasteiger partial charge < -0.3 is 26.0 Å². The average Bonchev–Trinajstić information content (AvgIpc) is 3.07. The lowest BCUT2D eigenvalue weighted by molar-refractivity contribution is -0.127. The van der Waals surface area contributed by atoms with E-state index in [0.29, 0.717) is 0 Å². The van der Waals surface area contributed by atoms with E-state index in [-0.39, 0.29) is 30.3 Å². The van der Waals surface area contributed by atoms with Crippen LogP contribution in [0.5, 0.6) is 5.75 Å². The summed E-state index contributed by atoms with van der Waals surface area (Å²) in [6.45, 7) is 5.29. The standard InChI is InChI=1S/C18H28N4O3/c1-12(2)17(19)18(24)20-10-16(23)21-13-7-8-22(11-13)14-5-4-6-15(9-14)25-3/h4-6,9,12-13,17H,7-8,10-11,19H2,1-3H3,(H,20,24)(H,21,23)/t13?,17-/m0/s1. The van der Waals surface area contributed by atoms with E-state index in [9.17, 15) is 9.59 Å². The van der Waals surface area contributed by atoms with Gasteiger partial charge in [0.1, 0.15) is 5.75 Å². The SMILES string of the molecule is COc1cccc(N2CCC(NC(=O)CNC(=O)[C@@H](N)C(C)C)C2)c1. The zero-order chi connectivity index (χ0) is 18.4. The van der Waals surface area contributed by atoms with Gasteiger partial charge in [0, 0.05) is 30.9 Å². The minimum absolute atomic E-state index is 0.0364. The van der Waals surface area contributed by atoms with E-state index < -0.39 is 6.04 Å². The number of hydrogen-bond acceptors (Lipinski definition) is 5. The van der Waals surface area contributed by atoms with Gasteiger partial charge in [0.2, 0.25) is 11.8 Å². The third-order valence-corrected chi connectivity index (χ3v) is 4.42. The molecule has 0 bridgehead atoms. The molecule has 7 heteroatoms. The van der Waals surface area contributed by atoms with Crippen LogP contribution in [0.25, 0.3) is 0 Å². The molecular weight excluding hydrogens is 320 g/mol. The number of nitrogens with one attached hydrogen (secondary N) is 2. The number of hydrogen-bond donors (Lipinski definition) is 3. The Hall–Kier alpha value is -2.28. The maximum Gasteiger partial charge on any atom is 0.239 e. The number of ether oxygens (including phenoxy) is 1. The van der Waals surface area contributed by atoms with Crippen LogP contribution in [-0.2, 0) is 9.59 Å². The van der Waals surface area contributed by atoms with Crippen molar-refractivity contribution in [2.75, 3.05) is 31.6 Å². The van der Waals surface area contributed by atoms with Crippen molar-refractivity contribution >= 4 is 17.5 Å². The summed E-state index contributed by atoms with van der Waals surface area (Å²) in [6.07, 6.45) is 0.863. The van der Waals surface area contributed by atoms with Crippen molar-refractivity contribution in [1.82, 2.24) is 10.6 Å². The summed E-state index contributed by atoms with van der Waals surface area (Å²) in [5.74, 6) is 0.361. The Morgan fingerprint density at radius 3 is 2.84 bits per heavy atom. The number of carbonyl (C=O) groups is 2. The molecule has 1 aromatic rings. The smallest absolute Gasteiger partial charge is 0.239 e. The first-order chi connectivity index (χ1) is 11.9. The van der Waals surface area contributed by atoms with E-state index in [1.165, 1.54) is 0 Å². The third kappa shape index (κ3) is 5.35. The predicted octanol–water partition coefficient (Wildman–Crippen LogP) is 0.490. The highest BCUT2D eigenvalue weighted by Crippen LogP contribution is 2.24. The van der Waals surface area contributed by atoms with Crippen molar-refractivity contribution in [2.24, 2.45) is 11.7 Å². The van der Waals surface area contributed by atoms with Crippen molar-refractivity contribution < 1.29 is 14.3 Å². The largest absolute Gasteiger partial charge is 0.497 e. The molecule has 1 saturated heterocycles. The van der Waals surface area contributed by atoms with Gasteiger partial charge in [-0.15, -0.1) is 0 Å². The van der Waals surface area contributed by atoms with Crippen molar-refractivity contribution in [1.29, 1.82) is 0 Å². The van der Waals surface area contributed by atoms with E-state index in [1.54, 1.807) is 7.11 Å². The van der Waals surface area contributed by atoms with E-state index in [2.05, 4.69) is 15.5 Å². The van der Waals surface area contributed by atoms with Crippen LogP contribution >= 0.6 is 0 Å². The average molecular weight is 348 g/mol. The normalized spacial score (nSPS) is 18.1. The molecule has 1 fully saturated rings. The molecular formula is C18H28N4O3. The molecule has 2 amide bonds. The quantitative estimate of drug-likeness (QED) is 0.666. The second-order valence-electron chi connectivity index (χ2n) is 6.69. The topological polar surface area (TPSA) is 96.7 Å². The second kappa shape index (κ2) is 8.71. The van der Waals surface area contributed by atoms with Crippen LogP contribution in [0.3, 0.4) is 0 Å². The van der Waals surface area contributed by atoms with E-state index >= 15 is 0 Å². The summed E-state index contributed by atoms with van der Waals surface area (Å²) in [5, 5.41) is 5.55. The number of rotatable bonds is 7. The molecule has 0 aromatic heterocycles. The maximum absolute atomic E-state index is 12.0. The van der Waals surface area contributed by atoms with Gasteiger partial charge in [-0.05, 0) is 24.5 Å². The minimum atomic E-state index is -0.595. The van der Waals surface area contributed by atoms with Gasteiger partial charge in [-0.3, -0.25) is 9.59 Å². The first kappa shape index (κ1) is 19.1. The number of methoxy groups -OCH3 is 1. The van der Waals surface area contributed by atoms with Crippen LogP contribution in [-0.4, -0.2) is 50.6 Å². The molecule has 1 aliphatic heterocycles. The lowest BCUT2D eigenvalue weighted by Gasteiger charge is -2.20. The van der Waals surface area contributed by atoms with Crippen LogP contribution in [0.2, 0.25) is 0 Å². The Labute approximate surface area is 148 Å². The molecule has 0 spiro atoms. The summed E-state index contributed by atoms with van der Waals surface area (Å²) >= 11 is 0. The lowest BCUT2D eigenvalue weighted by atomic mass is 10.1. The van der Waals surface area contributed by atoms with Crippen LogP contribution in [0.15, 0.2) is 24.3 Å². The molecule has 0 saturated carbocycles. The van der Waals surface area contributed by atoms with Crippen molar-refractivity contribution in [3.8, 4) is 5.75 Å². The molecule has 25 heavy (non-hydrogen) atoms. The van der Waals surface area contributed by atoms with Gasteiger partial charge in [0.05, 0.1) is 19.7 Å². The van der Waals surface area contributed by atoms with Crippen LogP contribution in [0.1, 0.15) is 20.3 Å². The summed E-state index contributed by atoms with van der Waals surface area (Å²) in [4.78, 5) is 26.0. The Balaban J connectivity index is 1.78. The van der Waals surface area contributed by atoms with Gasteiger partial charge in [0.15, 0.2) is 0 Å². The fourth-order valence-corrected chi connectivity index (χ4v) is 2.79. The lowest BCUT2D eigenvalue weighted by Crippen LogP contribution is -2.48. The fourth-order valence-electron chi connectivity index (χ4n) is 2.79. The number of nitrogens with zero attached hydrogens (tertiary/aromatic N) is 1. The molecule has 0 radical (unpaired) electrons. The van der Waals surface area contributed by atoms with Crippen LogP contribution < -0.4 is 26.0 Å². The van der Waals surface area contributed by atoms with Crippen molar-refractivity contribution in [3.63, 3.8) is 0 Å². The summed E-state index contributed by atoms with van der Waals surface area (Å²) < 4.78 is 5.25. The summed E-state index contributed by atoms with van der Waals surface area (Å²) in [7, 11) is 1.64. The molecule has 1 aliphatic rings. The van der Waals surface area contributed by atoms with Gasteiger partial charge >= 0.3 is 0 Å². The number of carbonyl (C=O) groups excluding carboxylic acids is 2. The van der Waals surface area contributed by atoms with E-state index in [4.69, 9.17) is 10.5 Å². The molecule has 1 unspecified atom stereocenters. The molecule has 1 aromatic carbocycles. The molecule has 4 N–H and O–H groups in total. The van der Waals surface area contributed by atoms with Crippen LogP contribution in [0, 0.1) is 5.92 Å². The Bertz CT molecular complexity index is 606. The van der Waals surface area contributed by atoms with Crippen molar-refractivity contribution in [2.45, 2.75) is 32.4 Å². The molecule has 7 nitrogen and oxygen atoms in total. The molecule has 0 aliphatic carbocycles. The zero-order valence-electron chi connectivity index (χ0n) is 15.1. The van der Waals surface area contributed by atoms with Gasteiger partial charge in [-0.25, -0.2) is 0 Å². The maximum atomic E-state index is 12.0. The van der Waals surface area contributed by atoms with Crippen molar-refractivity contribution in [3.05, 3.63) is 24.3 Å². The number of nitrogens with two attached hydrogens (primary N) is 1. The van der Waals surface area contributed by atoms with E-state index in [0.717, 1.165) is 30.9 Å². The van der Waals surface area contributed by atoms with Gasteiger partial charge in [0.25, 0.3) is 0 Å². The third-order valence-electron chi connectivity index (χ3n) is 4.42.